The maximum Gasteiger partial charge on any atom is 0.335 e. The first kappa shape index (κ1) is 12.5. The molecule has 0 amide bonds. The van der Waals surface area contributed by atoms with Crippen molar-refractivity contribution in [3.8, 4) is 5.75 Å². The molecule has 0 saturated carbocycles. The Morgan fingerprint density at radius 2 is 1.90 bits per heavy atom. The molecule has 0 saturated heterocycles. The molecule has 3 rings (SSSR count). The van der Waals surface area contributed by atoms with E-state index in [1.54, 1.807) is 12.1 Å². The van der Waals surface area contributed by atoms with E-state index >= 15 is 0 Å². The van der Waals surface area contributed by atoms with Gasteiger partial charge in [-0.15, -0.1) is 0 Å². The molecule has 0 spiro atoms. The molecule has 0 radical (unpaired) electrons. The van der Waals surface area contributed by atoms with Crippen LogP contribution in [0.25, 0.3) is 0 Å². The predicted octanol–water partition coefficient (Wildman–Crippen LogP) is 2.78. The van der Waals surface area contributed by atoms with Crippen LogP contribution in [0.15, 0.2) is 48.5 Å². The molecule has 2 aromatic carbocycles. The monoisotopic (exact) mass is 269 g/mol. The number of anilines is 1. The minimum atomic E-state index is -0.895. The third-order valence-electron chi connectivity index (χ3n) is 3.40. The normalized spacial score (nSPS) is 13.5. The van der Waals surface area contributed by atoms with Crippen LogP contribution in [0.1, 0.15) is 15.9 Å². The minimum Gasteiger partial charge on any atom is -0.490 e. The molecular formula is C16H15NO3. The van der Waals surface area contributed by atoms with Gasteiger partial charge in [-0.2, -0.15) is 0 Å². The number of nitrogens with zero attached hydrogens (tertiary/aromatic N) is 1. The molecule has 0 fully saturated rings. The summed E-state index contributed by atoms with van der Waals surface area (Å²) in [6.07, 6.45) is 0. The maximum absolute atomic E-state index is 10.8. The van der Waals surface area contributed by atoms with Crippen molar-refractivity contribution in [3.63, 3.8) is 0 Å². The summed E-state index contributed by atoms with van der Waals surface area (Å²) in [5.41, 5.74) is 2.49. The van der Waals surface area contributed by atoms with E-state index in [0.29, 0.717) is 12.2 Å². The number of carboxylic acids is 1. The molecule has 1 aliphatic heterocycles. The lowest BCUT2D eigenvalue weighted by Gasteiger charge is -2.31. The van der Waals surface area contributed by atoms with Gasteiger partial charge in [-0.1, -0.05) is 24.3 Å². The number of aromatic carboxylic acids is 1. The first-order valence-corrected chi connectivity index (χ1v) is 6.53. The second-order valence-corrected chi connectivity index (χ2v) is 4.74. The zero-order chi connectivity index (χ0) is 13.9. The molecular weight excluding hydrogens is 254 g/mol. The number of ether oxygens (including phenoxy) is 1. The summed E-state index contributed by atoms with van der Waals surface area (Å²) < 4.78 is 5.62. The van der Waals surface area contributed by atoms with Crippen molar-refractivity contribution in [2.75, 3.05) is 18.1 Å². The molecule has 1 N–H and O–H groups in total. The van der Waals surface area contributed by atoms with E-state index in [9.17, 15) is 4.79 Å². The highest BCUT2D eigenvalue weighted by molar-refractivity contribution is 5.87. The van der Waals surface area contributed by atoms with Gasteiger partial charge >= 0.3 is 5.97 Å². The van der Waals surface area contributed by atoms with Gasteiger partial charge in [0.25, 0.3) is 0 Å². The highest BCUT2D eigenvalue weighted by atomic mass is 16.5. The number of fused-ring (bicyclic) bond motifs is 1. The van der Waals surface area contributed by atoms with Crippen LogP contribution in [0.4, 0.5) is 5.69 Å². The quantitative estimate of drug-likeness (QED) is 0.930. The summed E-state index contributed by atoms with van der Waals surface area (Å²) in [5, 5.41) is 8.90. The first-order chi connectivity index (χ1) is 9.74. The van der Waals surface area contributed by atoms with Gasteiger partial charge in [-0.3, -0.25) is 0 Å². The number of carbonyl (C=O) groups is 1. The van der Waals surface area contributed by atoms with Gasteiger partial charge < -0.3 is 14.7 Å². The molecule has 0 atom stereocenters. The Kier molecular flexibility index (Phi) is 3.29. The van der Waals surface area contributed by atoms with Gasteiger partial charge in [-0.05, 0) is 29.8 Å². The fourth-order valence-electron chi connectivity index (χ4n) is 2.36. The minimum absolute atomic E-state index is 0.316. The SMILES string of the molecule is O=C(O)c1ccc(CN2CCOc3ccccc32)cc1. The molecule has 0 bridgehead atoms. The molecule has 1 heterocycles. The van der Waals surface area contributed by atoms with Crippen LogP contribution >= 0.6 is 0 Å². The van der Waals surface area contributed by atoms with Crippen molar-refractivity contribution >= 4 is 11.7 Å². The summed E-state index contributed by atoms with van der Waals surface area (Å²) in [6, 6.07) is 15.0. The molecule has 0 aromatic heterocycles. The van der Waals surface area contributed by atoms with Gasteiger partial charge in [0.1, 0.15) is 12.4 Å². The van der Waals surface area contributed by atoms with Crippen LogP contribution in [0, 0.1) is 0 Å². The lowest BCUT2D eigenvalue weighted by Crippen LogP contribution is -2.32. The predicted molar refractivity (Wildman–Crippen MR) is 76.4 cm³/mol. The average molecular weight is 269 g/mol. The highest BCUT2D eigenvalue weighted by Crippen LogP contribution is 2.31. The van der Waals surface area contributed by atoms with E-state index in [2.05, 4.69) is 4.90 Å². The average Bonchev–Trinajstić information content (AvgIpc) is 2.48. The van der Waals surface area contributed by atoms with Gasteiger partial charge in [0, 0.05) is 6.54 Å². The van der Waals surface area contributed by atoms with Gasteiger partial charge in [0.2, 0.25) is 0 Å². The highest BCUT2D eigenvalue weighted by Gasteiger charge is 2.17. The third-order valence-corrected chi connectivity index (χ3v) is 3.40. The number of para-hydroxylation sites is 2. The lowest BCUT2D eigenvalue weighted by atomic mass is 10.1. The second kappa shape index (κ2) is 5.25. The van der Waals surface area contributed by atoms with E-state index in [1.807, 2.05) is 36.4 Å². The summed E-state index contributed by atoms with van der Waals surface area (Å²) >= 11 is 0. The fourth-order valence-corrected chi connectivity index (χ4v) is 2.36. The van der Waals surface area contributed by atoms with Crippen molar-refractivity contribution < 1.29 is 14.6 Å². The van der Waals surface area contributed by atoms with Crippen molar-refractivity contribution in [2.24, 2.45) is 0 Å². The maximum atomic E-state index is 10.8. The van der Waals surface area contributed by atoms with E-state index in [0.717, 1.165) is 30.1 Å². The summed E-state index contributed by atoms with van der Waals surface area (Å²) in [5.74, 6) is 0.00849. The number of carboxylic acid groups (broad SMARTS) is 1. The van der Waals surface area contributed by atoms with Gasteiger partial charge in [-0.25, -0.2) is 4.79 Å². The summed E-state index contributed by atoms with van der Waals surface area (Å²) in [4.78, 5) is 13.1. The third kappa shape index (κ3) is 2.45. The van der Waals surface area contributed by atoms with E-state index < -0.39 is 5.97 Å². The fraction of sp³-hybridized carbons (Fsp3) is 0.188. The van der Waals surface area contributed by atoms with Crippen LogP contribution in [-0.2, 0) is 6.54 Å². The van der Waals surface area contributed by atoms with E-state index in [1.165, 1.54) is 0 Å². The van der Waals surface area contributed by atoms with Gasteiger partial charge in [0.15, 0.2) is 0 Å². The summed E-state index contributed by atoms with van der Waals surface area (Å²) in [6.45, 7) is 2.25. The molecule has 0 unspecified atom stereocenters. The number of hydrogen-bond donors (Lipinski definition) is 1. The molecule has 2 aromatic rings. The number of benzene rings is 2. The molecule has 0 aliphatic carbocycles. The number of rotatable bonds is 3. The molecule has 4 heteroatoms. The van der Waals surface area contributed by atoms with Crippen LogP contribution in [0.3, 0.4) is 0 Å². The standard InChI is InChI=1S/C16H15NO3/c18-16(19)13-7-5-12(6-8-13)11-17-9-10-20-15-4-2-1-3-14(15)17/h1-8H,9-11H2,(H,18,19). The Balaban J connectivity index is 1.80. The molecule has 1 aliphatic rings. The van der Waals surface area contributed by atoms with Crippen molar-refractivity contribution in [1.82, 2.24) is 0 Å². The second-order valence-electron chi connectivity index (χ2n) is 4.74. The van der Waals surface area contributed by atoms with Crippen molar-refractivity contribution in [3.05, 3.63) is 59.7 Å². The molecule has 20 heavy (non-hydrogen) atoms. The number of hydrogen-bond acceptors (Lipinski definition) is 3. The van der Waals surface area contributed by atoms with E-state index in [4.69, 9.17) is 9.84 Å². The Bertz CT molecular complexity index is 622. The van der Waals surface area contributed by atoms with Crippen molar-refractivity contribution in [1.29, 1.82) is 0 Å². The van der Waals surface area contributed by atoms with Crippen LogP contribution in [0.2, 0.25) is 0 Å². The molecule has 4 nitrogen and oxygen atoms in total. The van der Waals surface area contributed by atoms with E-state index in [-0.39, 0.29) is 0 Å². The molecule has 102 valence electrons. The largest absolute Gasteiger partial charge is 0.490 e. The Morgan fingerprint density at radius 1 is 1.15 bits per heavy atom. The first-order valence-electron chi connectivity index (χ1n) is 6.53. The summed E-state index contributed by atoms with van der Waals surface area (Å²) in [7, 11) is 0. The zero-order valence-electron chi connectivity index (χ0n) is 11.0. The van der Waals surface area contributed by atoms with Crippen LogP contribution < -0.4 is 9.64 Å². The Labute approximate surface area is 117 Å². The van der Waals surface area contributed by atoms with Gasteiger partial charge in [0.05, 0.1) is 17.8 Å². The van der Waals surface area contributed by atoms with Crippen molar-refractivity contribution in [2.45, 2.75) is 6.54 Å². The lowest BCUT2D eigenvalue weighted by molar-refractivity contribution is 0.0697. The Hall–Kier alpha value is -2.49. The smallest absolute Gasteiger partial charge is 0.335 e. The Morgan fingerprint density at radius 3 is 2.65 bits per heavy atom. The van der Waals surface area contributed by atoms with Crippen LogP contribution in [-0.4, -0.2) is 24.2 Å². The topological polar surface area (TPSA) is 49.8 Å². The van der Waals surface area contributed by atoms with Crippen LogP contribution in [0.5, 0.6) is 5.75 Å². The zero-order valence-corrected chi connectivity index (χ0v) is 11.0.